The maximum absolute atomic E-state index is 11.8. The summed E-state index contributed by atoms with van der Waals surface area (Å²) in [6.45, 7) is 6.21. The fourth-order valence-corrected chi connectivity index (χ4v) is 2.15. The van der Waals surface area contributed by atoms with E-state index in [1.165, 1.54) is 0 Å². The molecule has 0 aromatic carbocycles. The molecule has 1 fully saturated rings. The number of carbonyl (C=O) groups is 4. The predicted molar refractivity (Wildman–Crippen MR) is 86.6 cm³/mol. The first-order chi connectivity index (χ1) is 12.4. The molecule has 0 N–H and O–H groups in total. The third-order valence-electron chi connectivity index (χ3n) is 3.60. The molecule has 0 saturated carbocycles. The van der Waals surface area contributed by atoms with Crippen LogP contribution in [-0.4, -0.2) is 55.1 Å². The Labute approximate surface area is 152 Å². The number of hydrogen-bond acceptors (Lipinski definition) is 9. The summed E-state index contributed by atoms with van der Waals surface area (Å²) in [7, 11) is 0. The molecule has 9 heteroatoms. The molecule has 1 aliphatic heterocycles. The summed E-state index contributed by atoms with van der Waals surface area (Å²) in [6, 6.07) is 0. The summed E-state index contributed by atoms with van der Waals surface area (Å²) in [5.74, 6) is -2.28. The van der Waals surface area contributed by atoms with Crippen molar-refractivity contribution in [3.8, 4) is 0 Å². The molecule has 1 heterocycles. The molecule has 1 aliphatic rings. The highest BCUT2D eigenvalue weighted by Gasteiger charge is 2.49. The van der Waals surface area contributed by atoms with E-state index in [-0.39, 0.29) is 32.3 Å². The molecule has 0 aromatic heterocycles. The van der Waals surface area contributed by atoms with Gasteiger partial charge in [0, 0.05) is 25.7 Å². The molecule has 0 radical (unpaired) electrons. The Kier molecular flexibility index (Phi) is 9.04. The molecule has 0 aliphatic carbocycles. The molecule has 1 saturated heterocycles. The fourth-order valence-electron chi connectivity index (χ4n) is 2.15. The van der Waals surface area contributed by atoms with E-state index in [4.69, 9.17) is 23.7 Å². The molecule has 148 valence electrons. The number of carbonyl (C=O) groups excluding carboxylic acids is 4. The lowest BCUT2D eigenvalue weighted by atomic mass is 10.0. The van der Waals surface area contributed by atoms with E-state index in [9.17, 15) is 19.2 Å². The van der Waals surface area contributed by atoms with Crippen molar-refractivity contribution >= 4 is 23.9 Å². The SMILES string of the molecule is CCC(=O)OC1OC[C@H](OC(=O)CC)[C@@H](OC(=O)CC)[C@@H]1OC(=O)CC. The first-order valence-electron chi connectivity index (χ1n) is 8.75. The fraction of sp³-hybridized carbons (Fsp3) is 0.765. The van der Waals surface area contributed by atoms with Crippen LogP contribution in [0.4, 0.5) is 0 Å². The zero-order valence-electron chi connectivity index (χ0n) is 15.5. The maximum atomic E-state index is 11.8. The van der Waals surface area contributed by atoms with Gasteiger partial charge in [0.2, 0.25) is 12.4 Å². The Hall–Kier alpha value is -2.16. The van der Waals surface area contributed by atoms with Crippen LogP contribution < -0.4 is 0 Å². The van der Waals surface area contributed by atoms with Crippen LogP contribution in [0.25, 0.3) is 0 Å². The topological polar surface area (TPSA) is 114 Å². The lowest BCUT2D eigenvalue weighted by Crippen LogP contribution is -2.58. The van der Waals surface area contributed by atoms with Crippen LogP contribution >= 0.6 is 0 Å². The zero-order chi connectivity index (χ0) is 19.7. The summed E-state index contributed by atoms with van der Waals surface area (Å²) in [5.41, 5.74) is 0. The third kappa shape index (κ3) is 6.29. The van der Waals surface area contributed by atoms with Gasteiger partial charge in [-0.2, -0.15) is 0 Å². The molecule has 0 aromatic rings. The van der Waals surface area contributed by atoms with Crippen LogP contribution in [0.2, 0.25) is 0 Å². The highest BCUT2D eigenvalue weighted by molar-refractivity contribution is 5.71. The van der Waals surface area contributed by atoms with Crippen molar-refractivity contribution in [2.24, 2.45) is 0 Å². The predicted octanol–water partition coefficient (Wildman–Crippen LogP) is 1.26. The molecule has 9 nitrogen and oxygen atoms in total. The smallest absolute Gasteiger partial charge is 0.307 e. The van der Waals surface area contributed by atoms with Gasteiger partial charge in [-0.05, 0) is 0 Å². The lowest BCUT2D eigenvalue weighted by molar-refractivity contribution is -0.275. The number of ether oxygens (including phenoxy) is 5. The summed E-state index contributed by atoms with van der Waals surface area (Å²) < 4.78 is 26.5. The van der Waals surface area contributed by atoms with E-state index in [0.29, 0.717) is 0 Å². The number of hydrogen-bond donors (Lipinski definition) is 0. The Bertz CT molecular complexity index is 470. The second kappa shape index (κ2) is 10.7. The van der Waals surface area contributed by atoms with Gasteiger partial charge in [0.05, 0.1) is 6.61 Å². The molecular weight excluding hydrogens is 348 g/mol. The van der Waals surface area contributed by atoms with Crippen LogP contribution in [0.5, 0.6) is 0 Å². The van der Waals surface area contributed by atoms with Crippen molar-refractivity contribution < 1.29 is 42.9 Å². The standard InChI is InChI=1S/C17H26O9/c1-5-11(18)23-10-9-22-17(26-14(21)8-4)16(25-13(20)7-3)15(10)24-12(19)6-2/h10,15-17H,5-9H2,1-4H3/t10-,15+,16-,17?/m0/s1. The van der Waals surface area contributed by atoms with E-state index in [0.717, 1.165) is 0 Å². The minimum atomic E-state index is -1.26. The van der Waals surface area contributed by atoms with Crippen LogP contribution in [0.15, 0.2) is 0 Å². The molecule has 0 amide bonds. The maximum Gasteiger partial charge on any atom is 0.307 e. The average Bonchev–Trinajstić information content (AvgIpc) is 2.65. The number of esters is 4. The van der Waals surface area contributed by atoms with Crippen molar-refractivity contribution in [3.63, 3.8) is 0 Å². The van der Waals surface area contributed by atoms with Crippen molar-refractivity contribution in [2.75, 3.05) is 6.61 Å². The first-order valence-corrected chi connectivity index (χ1v) is 8.75. The van der Waals surface area contributed by atoms with Crippen molar-refractivity contribution in [1.29, 1.82) is 0 Å². The van der Waals surface area contributed by atoms with Gasteiger partial charge in [0.25, 0.3) is 0 Å². The minimum absolute atomic E-state index is 0.0544. The van der Waals surface area contributed by atoms with Gasteiger partial charge in [0.1, 0.15) is 0 Å². The van der Waals surface area contributed by atoms with Gasteiger partial charge in [-0.3, -0.25) is 19.2 Å². The van der Waals surface area contributed by atoms with E-state index < -0.39 is 48.5 Å². The van der Waals surface area contributed by atoms with Crippen molar-refractivity contribution in [1.82, 2.24) is 0 Å². The average molecular weight is 374 g/mol. The summed E-state index contributed by atoms with van der Waals surface area (Å²) in [6.07, 6.45) is -4.30. The van der Waals surface area contributed by atoms with E-state index >= 15 is 0 Å². The van der Waals surface area contributed by atoms with Gasteiger partial charge in [-0.25, -0.2) is 0 Å². The Morgan fingerprint density at radius 1 is 0.692 bits per heavy atom. The molecule has 4 atom stereocenters. The first kappa shape index (κ1) is 21.9. The minimum Gasteiger partial charge on any atom is -0.456 e. The summed E-state index contributed by atoms with van der Waals surface area (Å²) >= 11 is 0. The van der Waals surface area contributed by atoms with Crippen LogP contribution in [0.3, 0.4) is 0 Å². The second-order valence-corrected chi connectivity index (χ2v) is 5.54. The highest BCUT2D eigenvalue weighted by Crippen LogP contribution is 2.26. The molecule has 1 rings (SSSR count). The molecule has 0 bridgehead atoms. The van der Waals surface area contributed by atoms with Crippen molar-refractivity contribution in [3.05, 3.63) is 0 Å². The van der Waals surface area contributed by atoms with E-state index in [1.54, 1.807) is 27.7 Å². The molecule has 0 spiro atoms. The van der Waals surface area contributed by atoms with Crippen LogP contribution in [-0.2, 0) is 42.9 Å². The molecule has 1 unspecified atom stereocenters. The Morgan fingerprint density at radius 2 is 1.12 bits per heavy atom. The van der Waals surface area contributed by atoms with E-state index in [1.807, 2.05) is 0 Å². The zero-order valence-corrected chi connectivity index (χ0v) is 15.5. The lowest BCUT2D eigenvalue weighted by Gasteiger charge is -2.40. The second-order valence-electron chi connectivity index (χ2n) is 5.54. The van der Waals surface area contributed by atoms with Gasteiger partial charge in [0.15, 0.2) is 12.2 Å². The van der Waals surface area contributed by atoms with Crippen molar-refractivity contribution in [2.45, 2.75) is 78.0 Å². The largest absolute Gasteiger partial charge is 0.456 e. The van der Waals surface area contributed by atoms with Crippen LogP contribution in [0.1, 0.15) is 53.4 Å². The van der Waals surface area contributed by atoms with Gasteiger partial charge >= 0.3 is 23.9 Å². The summed E-state index contributed by atoms with van der Waals surface area (Å²) in [4.78, 5) is 46.9. The monoisotopic (exact) mass is 374 g/mol. The Morgan fingerprint density at radius 3 is 1.62 bits per heavy atom. The quantitative estimate of drug-likeness (QED) is 0.457. The Balaban J connectivity index is 3.10. The van der Waals surface area contributed by atoms with Gasteiger partial charge in [-0.15, -0.1) is 0 Å². The summed E-state index contributed by atoms with van der Waals surface area (Å²) in [5, 5.41) is 0. The molecular formula is C17H26O9. The van der Waals surface area contributed by atoms with Gasteiger partial charge in [-0.1, -0.05) is 27.7 Å². The van der Waals surface area contributed by atoms with Crippen LogP contribution in [0, 0.1) is 0 Å². The third-order valence-corrected chi connectivity index (χ3v) is 3.60. The van der Waals surface area contributed by atoms with Gasteiger partial charge < -0.3 is 23.7 Å². The molecule has 26 heavy (non-hydrogen) atoms. The van der Waals surface area contributed by atoms with E-state index in [2.05, 4.69) is 0 Å². The highest BCUT2D eigenvalue weighted by atomic mass is 16.7. The number of rotatable bonds is 8. The normalized spacial score (nSPS) is 25.1.